The van der Waals surface area contributed by atoms with E-state index < -0.39 is 12.1 Å². The summed E-state index contributed by atoms with van der Waals surface area (Å²) >= 11 is 0. The van der Waals surface area contributed by atoms with Gasteiger partial charge in [0.15, 0.2) is 0 Å². The number of aliphatic hydroxyl groups excluding tert-OH is 2. The Morgan fingerprint density at radius 2 is 1.73 bits per heavy atom. The summed E-state index contributed by atoms with van der Waals surface area (Å²) < 4.78 is 10.5. The number of hydrogen-bond acceptors (Lipinski definition) is 5. The number of esters is 1. The summed E-state index contributed by atoms with van der Waals surface area (Å²) in [5, 5.41) is 17.9. The summed E-state index contributed by atoms with van der Waals surface area (Å²) in [6.45, 7) is -0.140. The van der Waals surface area contributed by atoms with Gasteiger partial charge in [-0.1, -0.05) is 30.3 Å². The highest BCUT2D eigenvalue weighted by Gasteiger charge is 2.08. The van der Waals surface area contributed by atoms with E-state index in [2.05, 4.69) is 0 Å². The van der Waals surface area contributed by atoms with Crippen molar-refractivity contribution in [1.82, 2.24) is 0 Å². The molecule has 22 heavy (non-hydrogen) atoms. The highest BCUT2D eigenvalue weighted by Crippen LogP contribution is 2.14. The third-order valence-corrected chi connectivity index (χ3v) is 2.96. The molecule has 116 valence electrons. The predicted octanol–water partition coefficient (Wildman–Crippen LogP) is 1.78. The van der Waals surface area contributed by atoms with Gasteiger partial charge in [0.2, 0.25) is 0 Å². The lowest BCUT2D eigenvalue weighted by atomic mass is 10.2. The zero-order valence-corrected chi connectivity index (χ0v) is 12.0. The Hall–Kier alpha value is -2.37. The number of hydrogen-bond donors (Lipinski definition) is 2. The van der Waals surface area contributed by atoms with Crippen LogP contribution in [0.2, 0.25) is 0 Å². The molecule has 0 saturated heterocycles. The lowest BCUT2D eigenvalue weighted by molar-refractivity contribution is 0.0471. The molecule has 0 bridgehead atoms. The van der Waals surface area contributed by atoms with Gasteiger partial charge in [-0.25, -0.2) is 4.79 Å². The van der Waals surface area contributed by atoms with Gasteiger partial charge in [-0.3, -0.25) is 0 Å². The fraction of sp³-hybridized carbons (Fsp3) is 0.235. The van der Waals surface area contributed by atoms with Crippen LogP contribution in [0.15, 0.2) is 54.6 Å². The normalized spacial score (nSPS) is 11.7. The fourth-order valence-electron chi connectivity index (χ4n) is 1.74. The Kier molecular flexibility index (Phi) is 5.94. The van der Waals surface area contributed by atoms with Gasteiger partial charge in [0, 0.05) is 0 Å². The van der Waals surface area contributed by atoms with Crippen LogP contribution in [-0.2, 0) is 11.3 Å². The lowest BCUT2D eigenvalue weighted by Gasteiger charge is -2.10. The quantitative estimate of drug-likeness (QED) is 0.762. The maximum atomic E-state index is 11.9. The molecular formula is C17H18O5. The van der Waals surface area contributed by atoms with Crippen molar-refractivity contribution in [2.75, 3.05) is 13.2 Å². The Morgan fingerprint density at radius 3 is 2.36 bits per heavy atom. The van der Waals surface area contributed by atoms with Crippen molar-refractivity contribution in [2.45, 2.75) is 12.7 Å². The van der Waals surface area contributed by atoms with Crippen molar-refractivity contribution >= 4 is 5.97 Å². The molecule has 2 N–H and O–H groups in total. The monoisotopic (exact) mass is 302 g/mol. The van der Waals surface area contributed by atoms with Crippen LogP contribution in [0, 0.1) is 0 Å². The van der Waals surface area contributed by atoms with Crippen LogP contribution in [0.1, 0.15) is 15.9 Å². The van der Waals surface area contributed by atoms with Gasteiger partial charge in [-0.15, -0.1) is 0 Å². The molecule has 0 aliphatic rings. The van der Waals surface area contributed by atoms with E-state index in [1.54, 1.807) is 24.3 Å². The summed E-state index contributed by atoms with van der Waals surface area (Å²) in [4.78, 5) is 11.9. The topological polar surface area (TPSA) is 76.0 Å². The van der Waals surface area contributed by atoms with E-state index in [-0.39, 0.29) is 19.8 Å². The zero-order valence-electron chi connectivity index (χ0n) is 12.0. The van der Waals surface area contributed by atoms with Crippen molar-refractivity contribution < 1.29 is 24.5 Å². The summed E-state index contributed by atoms with van der Waals surface area (Å²) in [7, 11) is 0. The van der Waals surface area contributed by atoms with Gasteiger partial charge in [-0.2, -0.15) is 0 Å². The van der Waals surface area contributed by atoms with Gasteiger partial charge < -0.3 is 19.7 Å². The van der Waals surface area contributed by atoms with Gasteiger partial charge >= 0.3 is 5.97 Å². The molecule has 0 heterocycles. The van der Waals surface area contributed by atoms with Crippen molar-refractivity contribution in [3.8, 4) is 5.75 Å². The number of aliphatic hydroxyl groups is 2. The first-order valence-electron chi connectivity index (χ1n) is 6.92. The van der Waals surface area contributed by atoms with Crippen molar-refractivity contribution in [2.24, 2.45) is 0 Å². The standard InChI is InChI=1S/C17H18O5/c18-10-15(19)12-21-16-8-6-14(7-9-16)17(20)22-11-13-4-2-1-3-5-13/h1-9,15,18-19H,10-12H2/t15-/m1/s1. The maximum absolute atomic E-state index is 11.9. The van der Waals surface area contributed by atoms with Gasteiger partial charge in [0.25, 0.3) is 0 Å². The van der Waals surface area contributed by atoms with Gasteiger partial charge in [0.05, 0.1) is 12.2 Å². The average molecular weight is 302 g/mol. The smallest absolute Gasteiger partial charge is 0.338 e. The molecule has 0 unspecified atom stereocenters. The van der Waals surface area contributed by atoms with Crippen LogP contribution in [0.4, 0.5) is 0 Å². The molecule has 5 nitrogen and oxygen atoms in total. The molecule has 0 aliphatic carbocycles. The van der Waals surface area contributed by atoms with E-state index in [1.807, 2.05) is 30.3 Å². The Labute approximate surface area is 128 Å². The van der Waals surface area contributed by atoms with E-state index in [4.69, 9.17) is 14.6 Å². The molecule has 0 radical (unpaired) electrons. The number of rotatable bonds is 7. The largest absolute Gasteiger partial charge is 0.491 e. The molecule has 1 atom stereocenters. The molecule has 0 aromatic heterocycles. The molecule has 0 aliphatic heterocycles. The molecule has 5 heteroatoms. The van der Waals surface area contributed by atoms with E-state index in [0.29, 0.717) is 11.3 Å². The summed E-state index contributed by atoms with van der Waals surface area (Å²) in [5.74, 6) is 0.0953. The second-order valence-electron chi connectivity index (χ2n) is 4.73. The highest BCUT2D eigenvalue weighted by molar-refractivity contribution is 5.89. The molecule has 0 spiro atoms. The fourth-order valence-corrected chi connectivity index (χ4v) is 1.74. The highest BCUT2D eigenvalue weighted by atomic mass is 16.5. The number of carbonyl (C=O) groups excluding carboxylic acids is 1. The lowest BCUT2D eigenvalue weighted by Crippen LogP contribution is -2.21. The van der Waals surface area contributed by atoms with Gasteiger partial charge in [0.1, 0.15) is 25.1 Å². The molecule has 0 amide bonds. The number of benzene rings is 2. The molecule has 2 aromatic rings. The summed E-state index contributed by atoms with van der Waals surface area (Å²) in [6, 6.07) is 15.9. The van der Waals surface area contributed by atoms with E-state index in [0.717, 1.165) is 5.56 Å². The van der Waals surface area contributed by atoms with E-state index in [1.165, 1.54) is 0 Å². The van der Waals surface area contributed by atoms with Crippen molar-refractivity contribution in [3.63, 3.8) is 0 Å². The first-order valence-corrected chi connectivity index (χ1v) is 6.92. The zero-order chi connectivity index (χ0) is 15.8. The SMILES string of the molecule is O=C(OCc1ccccc1)c1ccc(OC[C@H](O)CO)cc1. The first-order chi connectivity index (χ1) is 10.7. The predicted molar refractivity (Wildman–Crippen MR) is 80.6 cm³/mol. The van der Waals surface area contributed by atoms with Crippen LogP contribution in [0.3, 0.4) is 0 Å². The van der Waals surface area contributed by atoms with E-state index in [9.17, 15) is 9.90 Å². The molecule has 2 aromatic carbocycles. The van der Waals surface area contributed by atoms with Crippen LogP contribution in [0.5, 0.6) is 5.75 Å². The Balaban J connectivity index is 1.85. The average Bonchev–Trinajstić information content (AvgIpc) is 2.59. The van der Waals surface area contributed by atoms with Crippen LogP contribution >= 0.6 is 0 Å². The van der Waals surface area contributed by atoms with Gasteiger partial charge in [-0.05, 0) is 29.8 Å². The van der Waals surface area contributed by atoms with Crippen molar-refractivity contribution in [3.05, 3.63) is 65.7 Å². The Bertz CT molecular complexity index is 580. The van der Waals surface area contributed by atoms with E-state index >= 15 is 0 Å². The molecule has 0 saturated carbocycles. The minimum atomic E-state index is -0.921. The number of carbonyl (C=O) groups is 1. The summed E-state index contributed by atoms with van der Waals surface area (Å²) in [6.07, 6.45) is -0.921. The number of ether oxygens (including phenoxy) is 2. The first kappa shape index (κ1) is 16.0. The van der Waals surface area contributed by atoms with Crippen LogP contribution in [-0.4, -0.2) is 35.5 Å². The van der Waals surface area contributed by atoms with Crippen molar-refractivity contribution in [1.29, 1.82) is 0 Å². The maximum Gasteiger partial charge on any atom is 0.338 e. The molecular weight excluding hydrogens is 284 g/mol. The summed E-state index contributed by atoms with van der Waals surface area (Å²) in [5.41, 5.74) is 1.35. The molecule has 0 fully saturated rings. The second-order valence-corrected chi connectivity index (χ2v) is 4.73. The minimum absolute atomic E-state index is 0.00565. The third kappa shape index (κ3) is 4.87. The third-order valence-electron chi connectivity index (χ3n) is 2.96. The second kappa shape index (κ2) is 8.17. The van der Waals surface area contributed by atoms with Crippen LogP contribution in [0.25, 0.3) is 0 Å². The molecule has 2 rings (SSSR count). The van der Waals surface area contributed by atoms with Crippen LogP contribution < -0.4 is 4.74 Å². The Morgan fingerprint density at radius 1 is 1.05 bits per heavy atom. The minimum Gasteiger partial charge on any atom is -0.491 e.